The summed E-state index contributed by atoms with van der Waals surface area (Å²) in [6, 6.07) is 1.77. The second-order valence-corrected chi connectivity index (χ2v) is 6.67. The average molecular weight is 332 g/mol. The summed E-state index contributed by atoms with van der Waals surface area (Å²) < 4.78 is 9.71. The van der Waals surface area contributed by atoms with Crippen LogP contribution in [0, 0.1) is 0 Å². The van der Waals surface area contributed by atoms with Crippen LogP contribution < -0.4 is 14.5 Å². The maximum absolute atomic E-state index is 5.19. The van der Waals surface area contributed by atoms with Crippen molar-refractivity contribution in [2.75, 3.05) is 43.1 Å². The van der Waals surface area contributed by atoms with Gasteiger partial charge in [0.05, 0.1) is 7.11 Å². The molecular weight excluding hydrogens is 312 g/mol. The molecule has 0 spiro atoms. The number of nitrogens with zero attached hydrogens (tertiary/aromatic N) is 6. The Morgan fingerprint density at radius 1 is 1.13 bits per heavy atom. The zero-order valence-electron chi connectivity index (χ0n) is 13.2. The Hall–Kier alpha value is -1.96. The van der Waals surface area contributed by atoms with Crippen molar-refractivity contribution in [3.8, 4) is 5.88 Å². The molecule has 1 aliphatic heterocycles. The predicted octanol–water partition coefficient (Wildman–Crippen LogP) is 1.93. The molecule has 0 unspecified atom stereocenters. The van der Waals surface area contributed by atoms with Gasteiger partial charge in [-0.2, -0.15) is 9.36 Å². The van der Waals surface area contributed by atoms with Crippen molar-refractivity contribution >= 4 is 22.6 Å². The van der Waals surface area contributed by atoms with E-state index >= 15 is 0 Å². The predicted molar refractivity (Wildman–Crippen MR) is 89.5 cm³/mol. The number of anilines is 2. The number of hydrogen-bond donors (Lipinski definition) is 0. The fourth-order valence-corrected chi connectivity index (χ4v) is 3.57. The third-order valence-corrected chi connectivity index (χ3v) is 5.04. The summed E-state index contributed by atoms with van der Waals surface area (Å²) >= 11 is 1.53. The Bertz CT molecular complexity index is 673. The Labute approximate surface area is 139 Å². The van der Waals surface area contributed by atoms with E-state index in [-0.39, 0.29) is 0 Å². The molecule has 0 atom stereocenters. The number of ether oxygens (including phenoxy) is 1. The van der Waals surface area contributed by atoms with Crippen molar-refractivity contribution in [2.24, 2.45) is 0 Å². The lowest BCUT2D eigenvalue weighted by Gasteiger charge is -2.21. The van der Waals surface area contributed by atoms with Crippen molar-refractivity contribution in [3.05, 3.63) is 18.1 Å². The minimum atomic E-state index is 0.606. The first-order valence-corrected chi connectivity index (χ1v) is 8.81. The summed E-state index contributed by atoms with van der Waals surface area (Å²) in [5.41, 5.74) is 0. The van der Waals surface area contributed by atoms with Crippen LogP contribution >= 0.6 is 11.5 Å². The number of hydrogen-bond acceptors (Lipinski definition) is 8. The Balaban J connectivity index is 1.44. The second-order valence-electron chi connectivity index (χ2n) is 5.94. The van der Waals surface area contributed by atoms with Gasteiger partial charge in [0.25, 0.3) is 0 Å². The molecule has 1 saturated carbocycles. The van der Waals surface area contributed by atoms with Crippen LogP contribution in [-0.2, 0) is 0 Å². The molecule has 122 valence electrons. The normalized spacial score (nSPS) is 18.8. The van der Waals surface area contributed by atoms with Gasteiger partial charge in [0.15, 0.2) is 0 Å². The van der Waals surface area contributed by atoms with Crippen molar-refractivity contribution in [2.45, 2.75) is 25.2 Å². The molecule has 4 rings (SSSR count). The van der Waals surface area contributed by atoms with Gasteiger partial charge in [-0.05, 0) is 19.3 Å². The minimum absolute atomic E-state index is 0.606. The Kier molecular flexibility index (Phi) is 3.99. The number of aromatic nitrogens is 4. The van der Waals surface area contributed by atoms with E-state index in [0.29, 0.717) is 11.8 Å². The van der Waals surface area contributed by atoms with E-state index in [1.54, 1.807) is 19.4 Å². The van der Waals surface area contributed by atoms with Gasteiger partial charge < -0.3 is 14.5 Å². The van der Waals surface area contributed by atoms with Gasteiger partial charge in [-0.1, -0.05) is 0 Å². The van der Waals surface area contributed by atoms with E-state index in [1.165, 1.54) is 24.4 Å². The van der Waals surface area contributed by atoms with Gasteiger partial charge in [-0.3, -0.25) is 0 Å². The van der Waals surface area contributed by atoms with Gasteiger partial charge >= 0.3 is 0 Å². The molecule has 2 aromatic rings. The lowest BCUT2D eigenvalue weighted by Crippen LogP contribution is -2.31. The molecule has 0 radical (unpaired) electrons. The molecule has 3 heterocycles. The molecule has 8 heteroatoms. The van der Waals surface area contributed by atoms with Crippen LogP contribution in [0.1, 0.15) is 31.0 Å². The van der Waals surface area contributed by atoms with E-state index in [1.807, 2.05) is 0 Å². The zero-order valence-corrected chi connectivity index (χ0v) is 14.0. The minimum Gasteiger partial charge on any atom is -0.481 e. The van der Waals surface area contributed by atoms with Gasteiger partial charge in [0, 0.05) is 55.9 Å². The SMILES string of the molecule is COc1ccnc(N2CCCN(c3nc(C4CC4)ns3)CC2)n1. The fourth-order valence-electron chi connectivity index (χ4n) is 2.77. The van der Waals surface area contributed by atoms with Gasteiger partial charge in [0.2, 0.25) is 17.0 Å². The maximum atomic E-state index is 5.19. The summed E-state index contributed by atoms with van der Waals surface area (Å²) in [6.07, 6.45) is 5.30. The monoisotopic (exact) mass is 332 g/mol. The van der Waals surface area contributed by atoms with Crippen molar-refractivity contribution < 1.29 is 4.74 Å². The second kappa shape index (κ2) is 6.27. The Morgan fingerprint density at radius 2 is 1.96 bits per heavy atom. The van der Waals surface area contributed by atoms with E-state index < -0.39 is 0 Å². The van der Waals surface area contributed by atoms with E-state index in [4.69, 9.17) is 9.72 Å². The molecule has 0 N–H and O–H groups in total. The third-order valence-electron chi connectivity index (χ3n) is 4.25. The summed E-state index contributed by atoms with van der Waals surface area (Å²) in [5.74, 6) is 3.01. The third kappa shape index (κ3) is 3.21. The Morgan fingerprint density at radius 3 is 2.78 bits per heavy atom. The highest BCUT2D eigenvalue weighted by atomic mass is 32.1. The van der Waals surface area contributed by atoms with Crippen LogP contribution in [-0.4, -0.2) is 52.6 Å². The highest BCUT2D eigenvalue weighted by Gasteiger charge is 2.29. The first-order chi connectivity index (χ1) is 11.3. The highest BCUT2D eigenvalue weighted by molar-refractivity contribution is 7.09. The standard InChI is InChI=1S/C15H20N6OS/c1-22-12-5-6-16-14(17-12)20-7-2-8-21(10-9-20)15-18-13(19-23-15)11-3-4-11/h5-6,11H,2-4,7-10H2,1H3. The van der Waals surface area contributed by atoms with Crippen molar-refractivity contribution in [3.63, 3.8) is 0 Å². The number of methoxy groups -OCH3 is 1. The molecule has 23 heavy (non-hydrogen) atoms. The van der Waals surface area contributed by atoms with Gasteiger partial charge in [0.1, 0.15) is 5.82 Å². The molecule has 1 aliphatic carbocycles. The molecule has 2 fully saturated rings. The summed E-state index contributed by atoms with van der Waals surface area (Å²) in [4.78, 5) is 18.1. The topological polar surface area (TPSA) is 67.3 Å². The van der Waals surface area contributed by atoms with Crippen LogP contribution in [0.2, 0.25) is 0 Å². The lowest BCUT2D eigenvalue weighted by atomic mass is 10.4. The van der Waals surface area contributed by atoms with Crippen molar-refractivity contribution in [1.82, 2.24) is 19.3 Å². The largest absolute Gasteiger partial charge is 0.481 e. The zero-order chi connectivity index (χ0) is 15.6. The average Bonchev–Trinajstić information content (AvgIpc) is 3.38. The molecule has 2 aromatic heterocycles. The highest BCUT2D eigenvalue weighted by Crippen LogP contribution is 2.39. The maximum Gasteiger partial charge on any atom is 0.228 e. The van der Waals surface area contributed by atoms with Crippen molar-refractivity contribution in [1.29, 1.82) is 0 Å². The van der Waals surface area contributed by atoms with Crippen LogP contribution in [0.25, 0.3) is 0 Å². The molecule has 1 saturated heterocycles. The molecule has 0 bridgehead atoms. The van der Waals surface area contributed by atoms with Gasteiger partial charge in [-0.15, -0.1) is 0 Å². The molecule has 2 aliphatic rings. The quantitative estimate of drug-likeness (QED) is 0.847. The molecule has 0 amide bonds. The van der Waals surface area contributed by atoms with E-state index in [2.05, 4.69) is 24.1 Å². The van der Waals surface area contributed by atoms with Gasteiger partial charge in [-0.25, -0.2) is 9.97 Å². The first-order valence-electron chi connectivity index (χ1n) is 8.04. The fraction of sp³-hybridized carbons (Fsp3) is 0.600. The smallest absolute Gasteiger partial charge is 0.228 e. The summed E-state index contributed by atoms with van der Waals surface area (Å²) in [7, 11) is 1.63. The first kappa shape index (κ1) is 14.6. The number of rotatable bonds is 4. The van der Waals surface area contributed by atoms with E-state index in [9.17, 15) is 0 Å². The summed E-state index contributed by atoms with van der Waals surface area (Å²) in [5, 5.41) is 1.06. The molecule has 0 aromatic carbocycles. The lowest BCUT2D eigenvalue weighted by molar-refractivity contribution is 0.396. The summed E-state index contributed by atoms with van der Waals surface area (Å²) in [6.45, 7) is 3.74. The van der Waals surface area contributed by atoms with E-state index in [0.717, 1.165) is 49.5 Å². The van der Waals surface area contributed by atoms with Crippen LogP contribution in [0.15, 0.2) is 12.3 Å². The van der Waals surface area contributed by atoms with Crippen LogP contribution in [0.4, 0.5) is 11.1 Å². The van der Waals surface area contributed by atoms with Crippen LogP contribution in [0.5, 0.6) is 5.88 Å². The van der Waals surface area contributed by atoms with Crippen LogP contribution in [0.3, 0.4) is 0 Å². The molecular formula is C15H20N6OS. The molecule has 7 nitrogen and oxygen atoms in total.